The zero-order valence-corrected chi connectivity index (χ0v) is 23.8. The zero-order chi connectivity index (χ0) is 28.7. The van der Waals surface area contributed by atoms with Crippen molar-refractivity contribution in [2.75, 3.05) is 0 Å². The number of allylic oxidation sites excluding steroid dienone is 7. The molecule has 210 valence electrons. The van der Waals surface area contributed by atoms with Crippen molar-refractivity contribution in [3.05, 3.63) is 46.3 Å². The number of aliphatic hydroxyl groups is 1. The van der Waals surface area contributed by atoms with Gasteiger partial charge in [-0.3, -0.25) is 19.2 Å². The minimum absolute atomic E-state index is 0.0670. The van der Waals surface area contributed by atoms with Gasteiger partial charge in [-0.1, -0.05) is 52.3 Å². The highest BCUT2D eigenvalue weighted by Gasteiger charge is 2.69. The van der Waals surface area contributed by atoms with Crippen molar-refractivity contribution in [2.45, 2.75) is 92.6 Å². The molecule has 0 aromatic rings. The maximum Gasteiger partial charge on any atom is 0.307 e. The van der Waals surface area contributed by atoms with E-state index in [1.165, 1.54) is 5.57 Å². The van der Waals surface area contributed by atoms with E-state index in [0.717, 1.165) is 30.4 Å². The molecule has 0 amide bonds. The Kier molecular flexibility index (Phi) is 6.21. The van der Waals surface area contributed by atoms with E-state index in [4.69, 9.17) is 9.84 Å². The quantitative estimate of drug-likeness (QED) is 0.435. The highest BCUT2D eigenvalue weighted by molar-refractivity contribution is 6.06. The summed E-state index contributed by atoms with van der Waals surface area (Å²) in [6.07, 6.45) is 8.33. The van der Waals surface area contributed by atoms with E-state index in [9.17, 15) is 24.3 Å². The average molecular weight is 537 g/mol. The summed E-state index contributed by atoms with van der Waals surface area (Å²) in [6, 6.07) is 0. The summed E-state index contributed by atoms with van der Waals surface area (Å²) in [5.41, 5.74) is 2.52. The third-order valence-electron chi connectivity index (χ3n) is 11.6. The van der Waals surface area contributed by atoms with E-state index in [2.05, 4.69) is 33.8 Å². The van der Waals surface area contributed by atoms with Gasteiger partial charge in [-0.2, -0.15) is 0 Å². The molecule has 0 aliphatic heterocycles. The van der Waals surface area contributed by atoms with Crippen LogP contribution in [0.15, 0.2) is 46.3 Å². The fraction of sp³-hybridized carbons (Fsp3) is 0.625. The molecule has 0 saturated heterocycles. The molecule has 3 fully saturated rings. The number of carbonyl (C=O) groups is 4. The zero-order valence-electron chi connectivity index (χ0n) is 23.8. The Morgan fingerprint density at radius 3 is 2.38 bits per heavy atom. The molecular weight excluding hydrogens is 496 g/mol. The van der Waals surface area contributed by atoms with Crippen molar-refractivity contribution < 1.29 is 34.1 Å². The van der Waals surface area contributed by atoms with Crippen molar-refractivity contribution in [1.29, 1.82) is 0 Å². The lowest BCUT2D eigenvalue weighted by atomic mass is 9.34. The Bertz CT molecular complexity index is 1310. The fourth-order valence-electron chi connectivity index (χ4n) is 9.00. The molecule has 5 aliphatic rings. The van der Waals surface area contributed by atoms with Crippen LogP contribution in [0.3, 0.4) is 0 Å². The summed E-state index contributed by atoms with van der Waals surface area (Å²) in [4.78, 5) is 49.8. The minimum atomic E-state index is -1.07. The van der Waals surface area contributed by atoms with Crippen molar-refractivity contribution in [3.8, 4) is 0 Å². The van der Waals surface area contributed by atoms with Crippen molar-refractivity contribution >= 4 is 23.5 Å². The van der Waals surface area contributed by atoms with Crippen LogP contribution in [0.5, 0.6) is 0 Å². The van der Waals surface area contributed by atoms with Gasteiger partial charge in [0.05, 0.1) is 12.8 Å². The first-order valence-electron chi connectivity index (χ1n) is 14.2. The van der Waals surface area contributed by atoms with Gasteiger partial charge in [0.2, 0.25) is 5.78 Å². The topological polar surface area (TPSA) is 118 Å². The van der Waals surface area contributed by atoms with E-state index in [-0.39, 0.29) is 58.2 Å². The van der Waals surface area contributed by atoms with Crippen LogP contribution in [-0.4, -0.2) is 39.8 Å². The highest BCUT2D eigenvalue weighted by atomic mass is 16.5. The number of hydrogen-bond acceptors (Lipinski definition) is 6. The van der Waals surface area contributed by atoms with Gasteiger partial charge < -0.3 is 14.9 Å². The van der Waals surface area contributed by atoms with Gasteiger partial charge in [0.25, 0.3) is 0 Å². The predicted octanol–water partition coefficient (Wildman–Crippen LogP) is 5.81. The second-order valence-electron chi connectivity index (χ2n) is 13.5. The van der Waals surface area contributed by atoms with Crippen molar-refractivity contribution in [1.82, 2.24) is 0 Å². The van der Waals surface area contributed by atoms with Crippen LogP contribution in [-0.2, 0) is 23.9 Å². The van der Waals surface area contributed by atoms with Gasteiger partial charge in [0, 0.05) is 22.3 Å². The summed E-state index contributed by atoms with van der Waals surface area (Å²) in [5, 5.41) is 19.3. The standard InChI is InChI=1S/C32H40O7/c1-17-15-23-30(4,28(26(17)37)39-25(36)10-9-24(34)35)12-14-31(5)22-8-7-19-18(2)27(38)21(33)16-20(19)29(22,3)11-13-32(23,31)6/h7-8,16-17,23,28,38H,9-15H2,1-6H3,(H,34,35). The lowest BCUT2D eigenvalue weighted by molar-refractivity contribution is -0.205. The number of aliphatic carboxylic acids is 1. The molecule has 7 nitrogen and oxygen atoms in total. The normalized spacial score (nSPS) is 41.3. The number of Topliss-reactive ketones (excluding diaryl/α,β-unsaturated/α-hetero) is 1. The Balaban J connectivity index is 1.55. The largest absolute Gasteiger partial charge is 0.504 e. The maximum absolute atomic E-state index is 13.5. The van der Waals surface area contributed by atoms with E-state index < -0.39 is 23.5 Å². The molecule has 7 atom stereocenters. The molecule has 3 saturated carbocycles. The molecule has 5 rings (SSSR count). The summed E-state index contributed by atoms with van der Waals surface area (Å²) >= 11 is 0. The minimum Gasteiger partial charge on any atom is -0.504 e. The fourth-order valence-corrected chi connectivity index (χ4v) is 9.00. The summed E-state index contributed by atoms with van der Waals surface area (Å²) < 4.78 is 5.83. The number of carboxylic acid groups (broad SMARTS) is 1. The molecular formula is C32H40O7. The Hall–Kier alpha value is -2.96. The molecule has 0 radical (unpaired) electrons. The average Bonchev–Trinajstić information content (AvgIpc) is 2.87. The Morgan fingerprint density at radius 1 is 1.03 bits per heavy atom. The number of fused-ring (bicyclic) bond motifs is 7. The second kappa shape index (κ2) is 8.77. The van der Waals surface area contributed by atoms with Crippen LogP contribution < -0.4 is 0 Å². The molecule has 2 N–H and O–H groups in total. The first-order valence-corrected chi connectivity index (χ1v) is 14.2. The van der Waals surface area contributed by atoms with E-state index in [0.29, 0.717) is 18.4 Å². The molecule has 7 unspecified atom stereocenters. The molecule has 0 heterocycles. The number of carboxylic acids is 1. The molecule has 39 heavy (non-hydrogen) atoms. The monoisotopic (exact) mass is 536 g/mol. The second-order valence-corrected chi connectivity index (χ2v) is 13.5. The van der Waals surface area contributed by atoms with Crippen LogP contribution in [0.2, 0.25) is 0 Å². The molecule has 5 aliphatic carbocycles. The molecule has 0 bridgehead atoms. The van der Waals surface area contributed by atoms with Gasteiger partial charge in [0.1, 0.15) is 0 Å². The smallest absolute Gasteiger partial charge is 0.307 e. The maximum atomic E-state index is 13.5. The van der Waals surface area contributed by atoms with Gasteiger partial charge in [0.15, 0.2) is 17.6 Å². The number of ether oxygens (including phenoxy) is 1. The Labute approximate surface area is 230 Å². The van der Waals surface area contributed by atoms with Gasteiger partial charge in [-0.05, 0) is 73.0 Å². The number of esters is 1. The van der Waals surface area contributed by atoms with Crippen LogP contribution >= 0.6 is 0 Å². The number of rotatable bonds is 4. The number of ketones is 2. The first-order chi connectivity index (χ1) is 18.1. The van der Waals surface area contributed by atoms with Crippen LogP contribution in [0.4, 0.5) is 0 Å². The first kappa shape index (κ1) is 27.6. The van der Waals surface area contributed by atoms with Crippen LogP contribution in [0, 0.1) is 33.5 Å². The van der Waals surface area contributed by atoms with Gasteiger partial charge in [-0.15, -0.1) is 0 Å². The summed E-state index contributed by atoms with van der Waals surface area (Å²) in [6.45, 7) is 12.7. The highest BCUT2D eigenvalue weighted by Crippen LogP contribution is 2.74. The van der Waals surface area contributed by atoms with Crippen molar-refractivity contribution in [3.63, 3.8) is 0 Å². The lowest BCUT2D eigenvalue weighted by Gasteiger charge is -2.69. The van der Waals surface area contributed by atoms with Crippen molar-refractivity contribution in [2.24, 2.45) is 33.5 Å². The van der Waals surface area contributed by atoms with E-state index >= 15 is 0 Å². The Morgan fingerprint density at radius 2 is 1.72 bits per heavy atom. The number of hydrogen-bond donors (Lipinski definition) is 2. The van der Waals surface area contributed by atoms with Gasteiger partial charge in [-0.25, -0.2) is 0 Å². The van der Waals surface area contributed by atoms with Crippen LogP contribution in [0.25, 0.3) is 0 Å². The molecule has 0 aromatic carbocycles. The predicted molar refractivity (Wildman–Crippen MR) is 145 cm³/mol. The van der Waals surface area contributed by atoms with Gasteiger partial charge >= 0.3 is 11.9 Å². The third-order valence-corrected chi connectivity index (χ3v) is 11.6. The summed E-state index contributed by atoms with van der Waals surface area (Å²) in [7, 11) is 0. The van der Waals surface area contributed by atoms with Crippen LogP contribution in [0.1, 0.15) is 86.5 Å². The number of carbonyl (C=O) groups excluding carboxylic acids is 3. The molecule has 7 heteroatoms. The SMILES string of the molecule is CC1=C(O)C(=O)C=C2C1=CC=C1C2(C)CCC2(C)C3CC(C)C(=O)C(OC(=O)CCC(=O)O)C3(C)CCC12C. The lowest BCUT2D eigenvalue weighted by Crippen LogP contribution is -2.66. The van der Waals surface area contributed by atoms with E-state index in [1.807, 2.05) is 13.0 Å². The third kappa shape index (κ3) is 3.67. The molecule has 0 aromatic heterocycles. The summed E-state index contributed by atoms with van der Waals surface area (Å²) in [5.74, 6) is -2.46. The van der Waals surface area contributed by atoms with E-state index in [1.54, 1.807) is 13.0 Å². The number of aliphatic hydroxyl groups excluding tert-OH is 1. The molecule has 0 spiro atoms.